The van der Waals surface area contributed by atoms with Crippen LogP contribution in [0.1, 0.15) is 11.7 Å². The fourth-order valence-corrected chi connectivity index (χ4v) is 2.30. The van der Waals surface area contributed by atoms with Crippen LogP contribution in [0.3, 0.4) is 0 Å². The summed E-state index contributed by atoms with van der Waals surface area (Å²) in [5, 5.41) is 6.45. The quantitative estimate of drug-likeness (QED) is 0.691. The lowest BCUT2D eigenvalue weighted by Gasteiger charge is -2.20. The standard InChI is InChI=1S/C16H14N6O2/c1-5-17-15(18-6-1)21-14(22-16-19-7-2-8-20-16)11-3-4-12-13(9-11)24-10-23-12/h1-9,14H,10H2,(H,17,18,21)(H,19,20,22). The molecule has 0 unspecified atom stereocenters. The lowest BCUT2D eigenvalue weighted by molar-refractivity contribution is 0.174. The summed E-state index contributed by atoms with van der Waals surface area (Å²) in [6, 6.07) is 9.22. The number of benzene rings is 1. The largest absolute Gasteiger partial charge is 0.454 e. The summed E-state index contributed by atoms with van der Waals surface area (Å²) in [4.78, 5) is 16.8. The van der Waals surface area contributed by atoms with E-state index in [0.29, 0.717) is 17.6 Å². The van der Waals surface area contributed by atoms with Crippen LogP contribution in [-0.4, -0.2) is 26.7 Å². The molecule has 1 aromatic carbocycles. The van der Waals surface area contributed by atoms with Crippen LogP contribution in [0.15, 0.2) is 55.1 Å². The summed E-state index contributed by atoms with van der Waals surface area (Å²) in [5.41, 5.74) is 0.916. The Kier molecular flexibility index (Phi) is 3.77. The van der Waals surface area contributed by atoms with Crippen molar-refractivity contribution in [2.24, 2.45) is 0 Å². The van der Waals surface area contributed by atoms with Gasteiger partial charge in [-0.25, -0.2) is 19.9 Å². The molecule has 0 aliphatic carbocycles. The Bertz CT molecular complexity index is 774. The molecule has 4 rings (SSSR count). The molecule has 1 aliphatic rings. The van der Waals surface area contributed by atoms with E-state index in [1.165, 1.54) is 0 Å². The van der Waals surface area contributed by atoms with E-state index in [2.05, 4.69) is 30.6 Å². The minimum atomic E-state index is -0.343. The third-order valence-corrected chi connectivity index (χ3v) is 3.41. The first-order chi connectivity index (χ1) is 11.9. The predicted octanol–water partition coefficient (Wildman–Crippen LogP) is 2.22. The first-order valence-corrected chi connectivity index (χ1v) is 7.35. The van der Waals surface area contributed by atoms with Gasteiger partial charge in [0.15, 0.2) is 11.5 Å². The van der Waals surface area contributed by atoms with Crippen LogP contribution >= 0.6 is 0 Å². The number of anilines is 2. The van der Waals surface area contributed by atoms with Crippen molar-refractivity contribution in [3.05, 3.63) is 60.7 Å². The zero-order valence-corrected chi connectivity index (χ0v) is 12.6. The Labute approximate surface area is 137 Å². The van der Waals surface area contributed by atoms with Crippen molar-refractivity contribution in [2.45, 2.75) is 6.17 Å². The maximum Gasteiger partial charge on any atom is 0.231 e. The van der Waals surface area contributed by atoms with E-state index in [1.54, 1.807) is 36.9 Å². The highest BCUT2D eigenvalue weighted by molar-refractivity contribution is 5.48. The predicted molar refractivity (Wildman–Crippen MR) is 86.6 cm³/mol. The number of fused-ring (bicyclic) bond motifs is 1. The van der Waals surface area contributed by atoms with Crippen LogP contribution in [0.25, 0.3) is 0 Å². The highest BCUT2D eigenvalue weighted by atomic mass is 16.7. The lowest BCUT2D eigenvalue weighted by Crippen LogP contribution is -2.22. The molecule has 24 heavy (non-hydrogen) atoms. The van der Waals surface area contributed by atoms with Crippen molar-refractivity contribution in [3.8, 4) is 11.5 Å². The molecular weight excluding hydrogens is 308 g/mol. The fraction of sp³-hybridized carbons (Fsp3) is 0.125. The van der Waals surface area contributed by atoms with Gasteiger partial charge in [0.05, 0.1) is 0 Å². The van der Waals surface area contributed by atoms with Crippen LogP contribution < -0.4 is 20.1 Å². The van der Waals surface area contributed by atoms with Gasteiger partial charge in [-0.15, -0.1) is 0 Å². The molecule has 2 aromatic heterocycles. The molecule has 0 atom stereocenters. The molecule has 3 heterocycles. The number of aromatic nitrogens is 4. The second kappa shape index (κ2) is 6.37. The van der Waals surface area contributed by atoms with Gasteiger partial charge in [-0.3, -0.25) is 0 Å². The van der Waals surface area contributed by atoms with Gasteiger partial charge < -0.3 is 20.1 Å². The van der Waals surface area contributed by atoms with Gasteiger partial charge in [-0.05, 0) is 29.8 Å². The molecule has 8 heteroatoms. The molecule has 3 aromatic rings. The Morgan fingerprint density at radius 1 is 0.792 bits per heavy atom. The molecule has 8 nitrogen and oxygen atoms in total. The van der Waals surface area contributed by atoms with Gasteiger partial charge in [0.25, 0.3) is 0 Å². The topological polar surface area (TPSA) is 94.1 Å². The first-order valence-electron chi connectivity index (χ1n) is 7.35. The van der Waals surface area contributed by atoms with Crippen molar-refractivity contribution in [3.63, 3.8) is 0 Å². The molecule has 0 spiro atoms. The highest BCUT2D eigenvalue weighted by Crippen LogP contribution is 2.34. The molecule has 0 saturated carbocycles. The molecule has 0 fully saturated rings. The number of nitrogens with zero attached hydrogens (tertiary/aromatic N) is 4. The highest BCUT2D eigenvalue weighted by Gasteiger charge is 2.19. The van der Waals surface area contributed by atoms with Crippen LogP contribution in [0.2, 0.25) is 0 Å². The van der Waals surface area contributed by atoms with E-state index >= 15 is 0 Å². The molecule has 0 saturated heterocycles. The van der Waals surface area contributed by atoms with Crippen molar-refractivity contribution in [1.29, 1.82) is 0 Å². The number of hydrogen-bond donors (Lipinski definition) is 2. The van der Waals surface area contributed by atoms with Crippen molar-refractivity contribution < 1.29 is 9.47 Å². The molecule has 0 bridgehead atoms. The van der Waals surface area contributed by atoms with Crippen molar-refractivity contribution >= 4 is 11.9 Å². The van der Waals surface area contributed by atoms with Crippen LogP contribution in [0.4, 0.5) is 11.9 Å². The van der Waals surface area contributed by atoms with E-state index in [9.17, 15) is 0 Å². The first kappa shape index (κ1) is 14.2. The minimum absolute atomic E-state index is 0.230. The van der Waals surface area contributed by atoms with E-state index in [0.717, 1.165) is 11.3 Å². The molecule has 2 N–H and O–H groups in total. The van der Waals surface area contributed by atoms with Crippen LogP contribution in [0, 0.1) is 0 Å². The van der Waals surface area contributed by atoms with Gasteiger partial charge in [-0.1, -0.05) is 6.07 Å². The van der Waals surface area contributed by atoms with Gasteiger partial charge in [-0.2, -0.15) is 0 Å². The van der Waals surface area contributed by atoms with E-state index in [-0.39, 0.29) is 13.0 Å². The van der Waals surface area contributed by atoms with Gasteiger partial charge in [0, 0.05) is 24.8 Å². The average Bonchev–Trinajstić information content (AvgIpc) is 3.11. The zero-order chi connectivity index (χ0) is 16.2. The Balaban J connectivity index is 1.64. The smallest absolute Gasteiger partial charge is 0.231 e. The SMILES string of the molecule is c1cnc(NC(Nc2ncccn2)c2ccc3c(c2)OCO3)nc1. The third-order valence-electron chi connectivity index (χ3n) is 3.41. The summed E-state index contributed by atoms with van der Waals surface area (Å²) < 4.78 is 10.8. The van der Waals surface area contributed by atoms with E-state index in [4.69, 9.17) is 9.47 Å². The molecule has 0 amide bonds. The second-order valence-electron chi connectivity index (χ2n) is 4.98. The van der Waals surface area contributed by atoms with Crippen molar-refractivity contribution in [1.82, 2.24) is 19.9 Å². The lowest BCUT2D eigenvalue weighted by atomic mass is 10.1. The summed E-state index contributed by atoms with van der Waals surface area (Å²) in [6.07, 6.45) is 6.34. The Morgan fingerprint density at radius 3 is 2.00 bits per heavy atom. The molecule has 0 radical (unpaired) electrons. The van der Waals surface area contributed by atoms with Gasteiger partial charge in [0.2, 0.25) is 18.7 Å². The normalized spacial score (nSPS) is 12.2. The maximum atomic E-state index is 5.45. The maximum absolute atomic E-state index is 5.45. The van der Waals surface area contributed by atoms with E-state index in [1.807, 2.05) is 18.2 Å². The molecular formula is C16H14N6O2. The van der Waals surface area contributed by atoms with Crippen LogP contribution in [-0.2, 0) is 0 Å². The Morgan fingerprint density at radius 2 is 1.38 bits per heavy atom. The number of nitrogens with one attached hydrogen (secondary N) is 2. The summed E-state index contributed by atoms with van der Waals surface area (Å²) in [6.45, 7) is 0.230. The van der Waals surface area contributed by atoms with Crippen molar-refractivity contribution in [2.75, 3.05) is 17.4 Å². The number of rotatable bonds is 5. The summed E-state index contributed by atoms with van der Waals surface area (Å²) in [7, 11) is 0. The van der Waals surface area contributed by atoms with E-state index < -0.39 is 0 Å². The summed E-state index contributed by atoms with van der Waals surface area (Å²) >= 11 is 0. The minimum Gasteiger partial charge on any atom is -0.454 e. The number of hydrogen-bond acceptors (Lipinski definition) is 8. The zero-order valence-electron chi connectivity index (χ0n) is 12.6. The number of ether oxygens (including phenoxy) is 2. The Hall–Kier alpha value is -3.42. The fourth-order valence-electron chi connectivity index (χ4n) is 2.30. The average molecular weight is 322 g/mol. The molecule has 1 aliphatic heterocycles. The summed E-state index contributed by atoms with van der Waals surface area (Å²) in [5.74, 6) is 2.40. The monoisotopic (exact) mass is 322 g/mol. The molecule has 120 valence electrons. The second-order valence-corrected chi connectivity index (χ2v) is 4.98. The van der Waals surface area contributed by atoms with Gasteiger partial charge >= 0.3 is 0 Å². The van der Waals surface area contributed by atoms with Crippen LogP contribution in [0.5, 0.6) is 11.5 Å². The van der Waals surface area contributed by atoms with Gasteiger partial charge in [0.1, 0.15) is 6.17 Å². The third kappa shape index (κ3) is 3.02.